The molecule has 1 rings (SSSR count). The van der Waals surface area contributed by atoms with Crippen LogP contribution in [0.4, 0.5) is 0 Å². The van der Waals surface area contributed by atoms with Gasteiger partial charge in [0.1, 0.15) is 5.54 Å². The lowest BCUT2D eigenvalue weighted by Crippen LogP contribution is -2.60. The number of sulfonamides is 1. The highest BCUT2D eigenvalue weighted by molar-refractivity contribution is 7.90. The smallest absolute Gasteiger partial charge is 0.264 e. The first kappa shape index (κ1) is 19.4. The lowest BCUT2D eigenvalue weighted by atomic mass is 9.87. The van der Waals surface area contributed by atoms with Gasteiger partial charge in [-0.25, -0.2) is 13.1 Å². The molecule has 128 valence electrons. The predicted molar refractivity (Wildman–Crippen MR) is 88.6 cm³/mol. The molecule has 0 aliphatic rings. The van der Waals surface area contributed by atoms with Crippen molar-refractivity contribution in [3.8, 4) is 0 Å². The summed E-state index contributed by atoms with van der Waals surface area (Å²) in [7, 11) is -4.07. The average Bonchev–Trinajstić information content (AvgIpc) is 2.36. The first-order valence-corrected chi connectivity index (χ1v) is 8.88. The zero-order valence-corrected chi connectivity index (χ0v) is 15.3. The van der Waals surface area contributed by atoms with E-state index in [1.54, 1.807) is 20.8 Å². The Hall–Kier alpha value is -1.60. The van der Waals surface area contributed by atoms with E-state index < -0.39 is 27.4 Å². The van der Waals surface area contributed by atoms with E-state index in [0.29, 0.717) is 10.6 Å². The van der Waals surface area contributed by atoms with Gasteiger partial charge in [0, 0.05) is 11.9 Å². The number of hydrogen-bond acceptors (Lipinski definition) is 4. The van der Waals surface area contributed by atoms with Gasteiger partial charge in [-0.15, -0.1) is 0 Å². The third-order valence-electron chi connectivity index (χ3n) is 3.72. The van der Waals surface area contributed by atoms with E-state index in [2.05, 4.69) is 5.32 Å². The molecule has 0 aliphatic carbocycles. The van der Waals surface area contributed by atoms with E-state index >= 15 is 0 Å². The molecule has 23 heavy (non-hydrogen) atoms. The number of carbonyl (C=O) groups excluding carboxylic acids is 2. The van der Waals surface area contributed by atoms with Crippen molar-refractivity contribution in [1.29, 1.82) is 0 Å². The highest BCUT2D eigenvalue weighted by atomic mass is 35.5. The Morgan fingerprint density at radius 1 is 1.26 bits per heavy atom. The van der Waals surface area contributed by atoms with E-state index in [-0.39, 0.29) is 10.8 Å². The van der Waals surface area contributed by atoms with Crippen molar-refractivity contribution in [3.05, 3.63) is 28.8 Å². The van der Waals surface area contributed by atoms with Crippen LogP contribution in [0.3, 0.4) is 0 Å². The number of hydrogen-bond donors (Lipinski definition) is 2. The van der Waals surface area contributed by atoms with Gasteiger partial charge in [-0.05, 0) is 43.5 Å². The molecule has 1 atom stereocenters. The summed E-state index contributed by atoms with van der Waals surface area (Å²) in [5.41, 5.74) is -0.928. The summed E-state index contributed by atoms with van der Waals surface area (Å²) in [5.74, 6) is -1.53. The fourth-order valence-corrected chi connectivity index (χ4v) is 3.55. The van der Waals surface area contributed by atoms with Crippen LogP contribution < -0.4 is 10.0 Å². The number of rotatable bonds is 5. The second-order valence-corrected chi connectivity index (χ2v) is 7.97. The monoisotopic (exact) mass is 360 g/mol. The van der Waals surface area contributed by atoms with Gasteiger partial charge in [0.15, 0.2) is 0 Å². The van der Waals surface area contributed by atoms with Gasteiger partial charge in [-0.2, -0.15) is 0 Å². The van der Waals surface area contributed by atoms with Gasteiger partial charge in [0.2, 0.25) is 5.91 Å². The molecule has 0 spiro atoms. The molecular weight excluding hydrogens is 340 g/mol. The Morgan fingerprint density at radius 2 is 1.83 bits per heavy atom. The summed E-state index contributed by atoms with van der Waals surface area (Å²) in [4.78, 5) is 23.8. The topological polar surface area (TPSA) is 92.3 Å². The quantitative estimate of drug-likeness (QED) is 0.840. The van der Waals surface area contributed by atoms with E-state index in [9.17, 15) is 18.0 Å². The van der Waals surface area contributed by atoms with E-state index in [1.165, 1.54) is 32.0 Å². The van der Waals surface area contributed by atoms with Crippen molar-refractivity contribution in [2.45, 2.75) is 45.1 Å². The lowest BCUT2D eigenvalue weighted by Gasteiger charge is -2.32. The second-order valence-electron chi connectivity index (χ2n) is 5.88. The number of halogens is 1. The normalized spacial score (nSPS) is 14.2. The summed E-state index contributed by atoms with van der Waals surface area (Å²) in [6, 6.07) is 4.26. The maximum Gasteiger partial charge on any atom is 0.264 e. The van der Waals surface area contributed by atoms with Crippen molar-refractivity contribution >= 4 is 33.4 Å². The van der Waals surface area contributed by atoms with Gasteiger partial charge in [0.05, 0.1) is 4.90 Å². The standard InChI is InChI=1S/C15H21ClN2O4S/c1-9(2)15(5,17-11(4)19)14(20)18-23(21,22)13-7-6-12(16)8-10(13)3/h6-9H,1-5H3,(H,17,19)(H,18,20). The van der Waals surface area contributed by atoms with Gasteiger partial charge in [0.25, 0.3) is 15.9 Å². The molecule has 0 fully saturated rings. The molecule has 0 saturated heterocycles. The highest BCUT2D eigenvalue weighted by Gasteiger charge is 2.39. The minimum atomic E-state index is -4.07. The first-order valence-electron chi connectivity index (χ1n) is 7.02. The van der Waals surface area contributed by atoms with Crippen LogP contribution in [0.2, 0.25) is 5.02 Å². The second kappa shape index (κ2) is 6.88. The van der Waals surface area contributed by atoms with Crippen LogP contribution in [0, 0.1) is 12.8 Å². The van der Waals surface area contributed by atoms with Crippen molar-refractivity contribution in [1.82, 2.24) is 10.0 Å². The Kier molecular flexibility index (Phi) is 5.82. The van der Waals surface area contributed by atoms with Crippen molar-refractivity contribution < 1.29 is 18.0 Å². The maximum absolute atomic E-state index is 12.5. The summed E-state index contributed by atoms with van der Waals surface area (Å²) in [6.45, 7) is 7.77. The zero-order chi connectivity index (χ0) is 18.0. The molecule has 2 amide bonds. The van der Waals surface area contributed by atoms with Crippen LogP contribution in [0.25, 0.3) is 0 Å². The number of nitrogens with one attached hydrogen (secondary N) is 2. The number of benzene rings is 1. The number of amides is 2. The maximum atomic E-state index is 12.5. The summed E-state index contributed by atoms with van der Waals surface area (Å²) < 4.78 is 26.9. The fraction of sp³-hybridized carbons (Fsp3) is 0.467. The van der Waals surface area contributed by atoms with Crippen LogP contribution >= 0.6 is 11.6 Å². The summed E-state index contributed by atoms with van der Waals surface area (Å²) in [5, 5.41) is 2.92. The third kappa shape index (κ3) is 4.45. The minimum absolute atomic E-state index is 0.0378. The molecule has 6 nitrogen and oxygen atoms in total. The molecule has 8 heteroatoms. The molecule has 0 aliphatic heterocycles. The largest absolute Gasteiger partial charge is 0.342 e. The van der Waals surface area contributed by atoms with Gasteiger partial charge >= 0.3 is 0 Å². The molecule has 1 aromatic rings. The van der Waals surface area contributed by atoms with E-state index in [0.717, 1.165) is 0 Å². The molecule has 0 radical (unpaired) electrons. The lowest BCUT2D eigenvalue weighted by molar-refractivity contribution is -0.132. The molecule has 0 saturated carbocycles. The van der Waals surface area contributed by atoms with Gasteiger partial charge in [-0.3, -0.25) is 9.59 Å². The fourth-order valence-electron chi connectivity index (χ4n) is 2.03. The number of carbonyl (C=O) groups is 2. The Balaban J connectivity index is 3.17. The van der Waals surface area contributed by atoms with Crippen molar-refractivity contribution in [3.63, 3.8) is 0 Å². The summed E-state index contributed by atoms with van der Waals surface area (Å²) >= 11 is 5.81. The van der Waals surface area contributed by atoms with Gasteiger partial charge < -0.3 is 5.32 Å². The van der Waals surface area contributed by atoms with Gasteiger partial charge in [-0.1, -0.05) is 25.4 Å². The summed E-state index contributed by atoms with van der Waals surface area (Å²) in [6.07, 6.45) is 0. The molecule has 1 aromatic carbocycles. The van der Waals surface area contributed by atoms with E-state index in [1.807, 2.05) is 4.72 Å². The number of aryl methyl sites for hydroxylation is 1. The molecule has 2 N–H and O–H groups in total. The Morgan fingerprint density at radius 3 is 2.26 bits per heavy atom. The van der Waals surface area contributed by atoms with Crippen LogP contribution in [0.15, 0.2) is 23.1 Å². The first-order chi connectivity index (χ1) is 10.4. The highest BCUT2D eigenvalue weighted by Crippen LogP contribution is 2.22. The molecular formula is C15H21ClN2O4S. The van der Waals surface area contributed by atoms with Crippen LogP contribution in [-0.2, 0) is 19.6 Å². The average molecular weight is 361 g/mol. The molecule has 0 heterocycles. The molecule has 1 unspecified atom stereocenters. The Bertz CT molecular complexity index is 731. The van der Waals surface area contributed by atoms with E-state index in [4.69, 9.17) is 11.6 Å². The third-order valence-corrected chi connectivity index (χ3v) is 5.44. The Labute approximate surface area is 141 Å². The minimum Gasteiger partial charge on any atom is -0.342 e. The van der Waals surface area contributed by atoms with Crippen LogP contribution in [-0.4, -0.2) is 25.8 Å². The van der Waals surface area contributed by atoms with Crippen LogP contribution in [0.5, 0.6) is 0 Å². The SMILES string of the molecule is CC(=O)NC(C)(C(=O)NS(=O)(=O)c1ccc(Cl)cc1C)C(C)C. The molecule has 0 aromatic heterocycles. The van der Waals surface area contributed by atoms with Crippen molar-refractivity contribution in [2.24, 2.45) is 5.92 Å². The van der Waals surface area contributed by atoms with Crippen LogP contribution in [0.1, 0.15) is 33.3 Å². The zero-order valence-electron chi connectivity index (χ0n) is 13.7. The molecule has 0 bridgehead atoms. The predicted octanol–water partition coefficient (Wildman–Crippen LogP) is 2.00. The van der Waals surface area contributed by atoms with Crippen molar-refractivity contribution in [2.75, 3.05) is 0 Å².